The van der Waals surface area contributed by atoms with Crippen molar-refractivity contribution in [2.24, 2.45) is 0 Å². The maximum atomic E-state index is 5.75. The van der Waals surface area contributed by atoms with Crippen LogP contribution in [0.3, 0.4) is 0 Å². The maximum absolute atomic E-state index is 5.75. The molecule has 0 radical (unpaired) electrons. The Labute approximate surface area is 121 Å². The van der Waals surface area contributed by atoms with Crippen molar-refractivity contribution in [3.8, 4) is 0 Å². The van der Waals surface area contributed by atoms with Gasteiger partial charge < -0.3 is 14.3 Å². The summed E-state index contributed by atoms with van der Waals surface area (Å²) in [6.07, 6.45) is 4.38. The number of hydrogen-bond acceptors (Lipinski definition) is 3. The lowest BCUT2D eigenvalue weighted by atomic mass is 10.2. The summed E-state index contributed by atoms with van der Waals surface area (Å²) in [6.45, 7) is 1.68. The molecular weight excluding hydrogens is 270 g/mol. The van der Waals surface area contributed by atoms with Gasteiger partial charge >= 0.3 is 0 Å². The first-order valence-corrected chi connectivity index (χ1v) is 7.31. The minimum atomic E-state index is 0.271. The standard InChI is InChI=1S/C15H15N3OS/c20-15-17-13-8-16-12-6-2-1-5-11(12)14(13)18(15)9-10-4-3-7-19-10/h1-2,5-6,8,10H,3-4,7,9H2,(H,17,20). The van der Waals surface area contributed by atoms with Crippen molar-refractivity contribution in [3.63, 3.8) is 0 Å². The summed E-state index contributed by atoms with van der Waals surface area (Å²) in [5.41, 5.74) is 3.12. The number of ether oxygens (including phenoxy) is 1. The smallest absolute Gasteiger partial charge is 0.178 e. The summed E-state index contributed by atoms with van der Waals surface area (Å²) >= 11 is 5.47. The molecule has 5 heteroatoms. The topological polar surface area (TPSA) is 42.8 Å². The van der Waals surface area contributed by atoms with Crippen LogP contribution in [-0.4, -0.2) is 27.2 Å². The van der Waals surface area contributed by atoms with Crippen molar-refractivity contribution < 1.29 is 4.74 Å². The molecule has 0 amide bonds. The zero-order valence-corrected chi connectivity index (χ0v) is 11.8. The molecule has 3 aromatic rings. The first kappa shape index (κ1) is 12.1. The molecule has 20 heavy (non-hydrogen) atoms. The van der Waals surface area contributed by atoms with E-state index in [0.29, 0.717) is 0 Å². The van der Waals surface area contributed by atoms with E-state index in [0.717, 1.165) is 52.7 Å². The Bertz CT molecular complexity index is 830. The van der Waals surface area contributed by atoms with E-state index in [4.69, 9.17) is 17.0 Å². The lowest BCUT2D eigenvalue weighted by Crippen LogP contribution is -2.15. The number of imidazole rings is 1. The number of H-pyrrole nitrogens is 1. The summed E-state index contributed by atoms with van der Waals surface area (Å²) in [7, 11) is 0. The summed E-state index contributed by atoms with van der Waals surface area (Å²) in [5, 5.41) is 1.13. The summed E-state index contributed by atoms with van der Waals surface area (Å²) < 4.78 is 8.65. The normalized spacial score (nSPS) is 19.1. The second-order valence-electron chi connectivity index (χ2n) is 5.21. The van der Waals surface area contributed by atoms with Crippen molar-refractivity contribution in [1.82, 2.24) is 14.5 Å². The highest BCUT2D eigenvalue weighted by molar-refractivity contribution is 7.71. The Balaban J connectivity index is 1.95. The Kier molecular flexibility index (Phi) is 2.82. The lowest BCUT2D eigenvalue weighted by molar-refractivity contribution is 0.0976. The molecule has 1 fully saturated rings. The van der Waals surface area contributed by atoms with Gasteiger partial charge in [0, 0.05) is 12.0 Å². The van der Waals surface area contributed by atoms with E-state index in [1.54, 1.807) is 0 Å². The molecule has 1 aromatic carbocycles. The quantitative estimate of drug-likeness (QED) is 0.734. The van der Waals surface area contributed by atoms with Crippen LogP contribution in [0.5, 0.6) is 0 Å². The molecule has 0 aliphatic carbocycles. The van der Waals surface area contributed by atoms with Crippen LogP contribution in [-0.2, 0) is 11.3 Å². The largest absolute Gasteiger partial charge is 0.376 e. The van der Waals surface area contributed by atoms with Gasteiger partial charge in [-0.3, -0.25) is 4.98 Å². The monoisotopic (exact) mass is 285 g/mol. The fourth-order valence-electron chi connectivity index (χ4n) is 2.96. The maximum Gasteiger partial charge on any atom is 0.178 e. The van der Waals surface area contributed by atoms with Crippen LogP contribution in [0.15, 0.2) is 30.5 Å². The highest BCUT2D eigenvalue weighted by atomic mass is 32.1. The molecule has 0 bridgehead atoms. The Hall–Kier alpha value is -1.72. The van der Waals surface area contributed by atoms with Crippen LogP contribution < -0.4 is 0 Å². The number of nitrogens with one attached hydrogen (secondary N) is 1. The molecule has 1 N–H and O–H groups in total. The SMILES string of the molecule is S=c1[nH]c2cnc3ccccc3c2n1CC1CCCO1. The zero-order chi connectivity index (χ0) is 13.5. The molecule has 4 nitrogen and oxygen atoms in total. The number of hydrogen-bond donors (Lipinski definition) is 1. The van der Waals surface area contributed by atoms with E-state index in [-0.39, 0.29) is 6.10 Å². The summed E-state index contributed by atoms with van der Waals surface area (Å²) in [6, 6.07) is 8.17. The number of para-hydroxylation sites is 1. The fourth-order valence-corrected chi connectivity index (χ4v) is 3.24. The summed E-state index contributed by atoms with van der Waals surface area (Å²) in [4.78, 5) is 7.73. The van der Waals surface area contributed by atoms with E-state index in [2.05, 4.69) is 20.6 Å². The third-order valence-corrected chi connectivity index (χ3v) is 4.24. The van der Waals surface area contributed by atoms with Crippen LogP contribution >= 0.6 is 12.2 Å². The second-order valence-corrected chi connectivity index (χ2v) is 5.60. The van der Waals surface area contributed by atoms with Crippen molar-refractivity contribution >= 4 is 34.2 Å². The molecular formula is C15H15N3OS. The first-order chi connectivity index (χ1) is 9.83. The molecule has 102 valence electrons. The lowest BCUT2D eigenvalue weighted by Gasteiger charge is -2.12. The highest BCUT2D eigenvalue weighted by Gasteiger charge is 2.18. The van der Waals surface area contributed by atoms with Gasteiger partial charge in [-0.05, 0) is 31.1 Å². The molecule has 2 aromatic heterocycles. The predicted molar refractivity (Wildman–Crippen MR) is 81.4 cm³/mol. The number of benzene rings is 1. The average molecular weight is 285 g/mol. The number of fused-ring (bicyclic) bond motifs is 3. The minimum Gasteiger partial charge on any atom is -0.376 e. The van der Waals surface area contributed by atoms with Gasteiger partial charge in [0.25, 0.3) is 0 Å². The number of rotatable bonds is 2. The average Bonchev–Trinajstić information content (AvgIpc) is 3.08. The predicted octanol–water partition coefficient (Wildman–Crippen LogP) is 3.43. The van der Waals surface area contributed by atoms with Crippen LogP contribution in [0.2, 0.25) is 0 Å². The van der Waals surface area contributed by atoms with Crippen LogP contribution in [0.25, 0.3) is 21.9 Å². The van der Waals surface area contributed by atoms with E-state index < -0.39 is 0 Å². The van der Waals surface area contributed by atoms with E-state index in [1.807, 2.05) is 24.4 Å². The Morgan fingerprint density at radius 2 is 2.30 bits per heavy atom. The van der Waals surface area contributed by atoms with Gasteiger partial charge in [-0.15, -0.1) is 0 Å². The fraction of sp³-hybridized carbons (Fsp3) is 0.333. The molecule has 4 rings (SSSR count). The third-order valence-electron chi connectivity index (χ3n) is 3.91. The van der Waals surface area contributed by atoms with Crippen LogP contribution in [0.1, 0.15) is 12.8 Å². The van der Waals surface area contributed by atoms with Crippen LogP contribution in [0.4, 0.5) is 0 Å². The molecule has 3 heterocycles. The molecule has 0 saturated carbocycles. The highest BCUT2D eigenvalue weighted by Crippen LogP contribution is 2.25. The third kappa shape index (κ3) is 1.85. The van der Waals surface area contributed by atoms with Crippen molar-refractivity contribution in [2.75, 3.05) is 6.61 Å². The number of pyridine rings is 1. The molecule has 0 spiro atoms. The second kappa shape index (κ2) is 4.68. The number of nitrogens with zero attached hydrogens (tertiary/aromatic N) is 2. The first-order valence-electron chi connectivity index (χ1n) is 6.91. The zero-order valence-electron chi connectivity index (χ0n) is 11.0. The summed E-state index contributed by atoms with van der Waals surface area (Å²) in [5.74, 6) is 0. The van der Waals surface area contributed by atoms with Crippen LogP contribution in [0, 0.1) is 4.77 Å². The van der Waals surface area contributed by atoms with Gasteiger partial charge in [-0.1, -0.05) is 18.2 Å². The van der Waals surface area contributed by atoms with Crippen molar-refractivity contribution in [3.05, 3.63) is 35.2 Å². The molecule has 1 saturated heterocycles. The van der Waals surface area contributed by atoms with E-state index in [9.17, 15) is 0 Å². The van der Waals surface area contributed by atoms with E-state index in [1.165, 1.54) is 0 Å². The van der Waals surface area contributed by atoms with Crippen molar-refractivity contribution in [1.29, 1.82) is 0 Å². The van der Waals surface area contributed by atoms with Crippen molar-refractivity contribution in [2.45, 2.75) is 25.5 Å². The van der Waals surface area contributed by atoms with Gasteiger partial charge in [0.2, 0.25) is 0 Å². The van der Waals surface area contributed by atoms with Gasteiger partial charge in [0.15, 0.2) is 4.77 Å². The van der Waals surface area contributed by atoms with Gasteiger partial charge in [0.1, 0.15) is 0 Å². The Morgan fingerprint density at radius 1 is 1.40 bits per heavy atom. The Morgan fingerprint density at radius 3 is 3.15 bits per heavy atom. The molecule has 1 aliphatic heterocycles. The van der Waals surface area contributed by atoms with E-state index >= 15 is 0 Å². The molecule has 1 unspecified atom stereocenters. The number of aromatic nitrogens is 3. The minimum absolute atomic E-state index is 0.271. The molecule has 1 aliphatic rings. The van der Waals surface area contributed by atoms with Gasteiger partial charge in [0.05, 0.1) is 35.4 Å². The molecule has 1 atom stereocenters. The van der Waals surface area contributed by atoms with Gasteiger partial charge in [-0.2, -0.15) is 0 Å². The number of aromatic amines is 1. The van der Waals surface area contributed by atoms with Gasteiger partial charge in [-0.25, -0.2) is 0 Å².